The van der Waals surface area contributed by atoms with Crippen LogP contribution < -0.4 is 4.98 Å². The van der Waals surface area contributed by atoms with E-state index in [-0.39, 0.29) is 12.2 Å². The molecule has 0 aromatic carbocycles. The van der Waals surface area contributed by atoms with E-state index < -0.39 is 8.24 Å². The molecule has 0 heterocycles. The third kappa shape index (κ3) is 7.38. The largest absolute Gasteiger partial charge is 0.447 e. The summed E-state index contributed by atoms with van der Waals surface area (Å²) in [7, 11) is -1.51. The molecular weight excluding hydrogens is 158 g/mol. The maximum absolute atomic E-state index is 11.0. The summed E-state index contributed by atoms with van der Waals surface area (Å²) in [6, 6.07) is 0. The lowest BCUT2D eigenvalue weighted by molar-refractivity contribution is 0.121. The minimum absolute atomic E-state index is 0.0358. The molecule has 0 unspecified atom stereocenters. The lowest BCUT2D eigenvalue weighted by atomic mass is 10.5. The van der Waals surface area contributed by atoms with E-state index in [0.29, 0.717) is 0 Å². The predicted octanol–water partition coefficient (Wildman–Crippen LogP) is 1.96. The first-order valence-electron chi connectivity index (χ1n) is 3.80. The number of amides is 1. The van der Waals surface area contributed by atoms with Crippen LogP contribution in [0.3, 0.4) is 0 Å². The van der Waals surface area contributed by atoms with Crippen molar-refractivity contribution in [2.45, 2.75) is 39.6 Å². The Labute approximate surface area is 69.2 Å². The zero-order valence-electron chi connectivity index (χ0n) is 7.89. The van der Waals surface area contributed by atoms with Gasteiger partial charge in [-0.2, -0.15) is 0 Å². The van der Waals surface area contributed by atoms with Crippen molar-refractivity contribution < 1.29 is 9.53 Å². The van der Waals surface area contributed by atoms with Gasteiger partial charge in [0.1, 0.15) is 0 Å². The van der Waals surface area contributed by atoms with Crippen molar-refractivity contribution in [2.24, 2.45) is 0 Å². The average molecular weight is 175 g/mol. The van der Waals surface area contributed by atoms with Crippen LogP contribution in [0.15, 0.2) is 0 Å². The third-order valence-electron chi connectivity index (χ3n) is 0.820. The Bertz CT molecular complexity index is 140. The van der Waals surface area contributed by atoms with Gasteiger partial charge in [-0.05, 0) is 13.8 Å². The Morgan fingerprint density at radius 3 is 2.09 bits per heavy atom. The number of carbonyl (C=O) groups is 1. The fraction of sp³-hybridized carbons (Fsp3) is 0.857. The molecule has 0 spiro atoms. The van der Waals surface area contributed by atoms with E-state index in [2.05, 4.69) is 24.6 Å². The van der Waals surface area contributed by atoms with Crippen molar-refractivity contribution in [3.05, 3.63) is 0 Å². The molecule has 0 saturated heterocycles. The molecular formula is C7H17NO2Si. The molecule has 1 N–H and O–H groups in total. The highest BCUT2D eigenvalue weighted by atomic mass is 28.3. The minimum Gasteiger partial charge on any atom is -0.447 e. The highest BCUT2D eigenvalue weighted by molar-refractivity contribution is 6.75. The number of rotatable bonds is 2. The number of nitrogens with one attached hydrogen (secondary N) is 1. The lowest BCUT2D eigenvalue weighted by Gasteiger charge is -2.18. The standard InChI is InChI=1S/C7H17NO2Si/c1-6(2)10-7(9)8-11(3,4)5/h6H,1-5H3,(H,8,9). The van der Waals surface area contributed by atoms with E-state index in [4.69, 9.17) is 4.74 Å². The zero-order valence-corrected chi connectivity index (χ0v) is 8.89. The molecule has 66 valence electrons. The Hall–Kier alpha value is -0.513. The molecule has 0 radical (unpaired) electrons. The van der Waals surface area contributed by atoms with Gasteiger partial charge in [0.05, 0.1) is 6.10 Å². The van der Waals surface area contributed by atoms with Crippen molar-refractivity contribution in [1.29, 1.82) is 0 Å². The SMILES string of the molecule is CC(C)OC(=O)N[Si](C)(C)C. The van der Waals surface area contributed by atoms with Gasteiger partial charge >= 0.3 is 6.09 Å². The van der Waals surface area contributed by atoms with Gasteiger partial charge in [-0.1, -0.05) is 19.6 Å². The molecule has 0 saturated carbocycles. The van der Waals surface area contributed by atoms with Crippen LogP contribution in [-0.2, 0) is 4.74 Å². The first-order valence-corrected chi connectivity index (χ1v) is 7.30. The van der Waals surface area contributed by atoms with Crippen LogP contribution in [0.25, 0.3) is 0 Å². The second-order valence-electron chi connectivity index (χ2n) is 3.83. The Morgan fingerprint density at radius 1 is 1.36 bits per heavy atom. The molecule has 0 atom stereocenters. The average Bonchev–Trinajstić information content (AvgIpc) is 1.53. The van der Waals surface area contributed by atoms with Crippen LogP contribution in [0.2, 0.25) is 19.6 Å². The van der Waals surface area contributed by atoms with Crippen molar-refractivity contribution >= 4 is 14.3 Å². The molecule has 0 aliphatic rings. The first-order chi connectivity index (χ1) is 4.81. The van der Waals surface area contributed by atoms with Gasteiger partial charge < -0.3 is 9.72 Å². The molecule has 4 heteroatoms. The Morgan fingerprint density at radius 2 is 1.82 bits per heavy atom. The van der Waals surface area contributed by atoms with Crippen LogP contribution >= 0.6 is 0 Å². The molecule has 0 rings (SSSR count). The maximum atomic E-state index is 11.0. The van der Waals surface area contributed by atoms with Crippen molar-refractivity contribution in [3.63, 3.8) is 0 Å². The molecule has 0 fully saturated rings. The van der Waals surface area contributed by atoms with Gasteiger partial charge in [0, 0.05) is 0 Å². The zero-order chi connectivity index (χ0) is 9.07. The number of hydrogen-bond donors (Lipinski definition) is 1. The number of carbonyl (C=O) groups excluding carboxylic acids is 1. The summed E-state index contributed by atoms with van der Waals surface area (Å²) in [5.41, 5.74) is 0. The molecule has 0 aliphatic heterocycles. The Balaban J connectivity index is 3.71. The normalized spacial score (nSPS) is 11.5. The topological polar surface area (TPSA) is 38.3 Å². The first kappa shape index (κ1) is 10.5. The van der Waals surface area contributed by atoms with E-state index in [9.17, 15) is 4.79 Å². The van der Waals surface area contributed by atoms with Crippen LogP contribution in [-0.4, -0.2) is 20.4 Å². The second-order valence-corrected chi connectivity index (χ2v) is 8.58. The van der Waals surface area contributed by atoms with Gasteiger partial charge in [-0.3, -0.25) is 0 Å². The van der Waals surface area contributed by atoms with E-state index in [0.717, 1.165) is 0 Å². The van der Waals surface area contributed by atoms with Crippen molar-refractivity contribution in [1.82, 2.24) is 4.98 Å². The van der Waals surface area contributed by atoms with Gasteiger partial charge in [0.2, 0.25) is 0 Å². The number of ether oxygens (including phenoxy) is 1. The van der Waals surface area contributed by atoms with Crippen LogP contribution in [0.4, 0.5) is 4.79 Å². The minimum atomic E-state index is -1.51. The Kier molecular flexibility index (Phi) is 3.58. The molecule has 11 heavy (non-hydrogen) atoms. The van der Waals surface area contributed by atoms with Crippen LogP contribution in [0.5, 0.6) is 0 Å². The van der Waals surface area contributed by atoms with Gasteiger partial charge in [0.25, 0.3) is 0 Å². The molecule has 0 bridgehead atoms. The summed E-state index contributed by atoms with van der Waals surface area (Å²) in [6.07, 6.45) is -0.328. The smallest absolute Gasteiger partial charge is 0.399 e. The summed E-state index contributed by atoms with van der Waals surface area (Å²) < 4.78 is 4.91. The maximum Gasteiger partial charge on any atom is 0.399 e. The molecule has 0 aromatic rings. The quantitative estimate of drug-likeness (QED) is 0.651. The number of hydrogen-bond acceptors (Lipinski definition) is 2. The summed E-state index contributed by atoms with van der Waals surface area (Å²) in [5.74, 6) is 0. The summed E-state index contributed by atoms with van der Waals surface area (Å²) in [6.45, 7) is 9.82. The van der Waals surface area contributed by atoms with Crippen LogP contribution in [0, 0.1) is 0 Å². The third-order valence-corrected chi connectivity index (χ3v) is 1.77. The molecule has 0 aliphatic carbocycles. The highest BCUT2D eigenvalue weighted by Crippen LogP contribution is 1.96. The van der Waals surface area contributed by atoms with Crippen molar-refractivity contribution in [3.8, 4) is 0 Å². The van der Waals surface area contributed by atoms with Gasteiger partial charge in [0.15, 0.2) is 8.24 Å². The van der Waals surface area contributed by atoms with Gasteiger partial charge in [-0.15, -0.1) is 0 Å². The van der Waals surface area contributed by atoms with E-state index in [1.807, 2.05) is 13.8 Å². The second kappa shape index (κ2) is 3.76. The lowest BCUT2D eigenvalue weighted by Crippen LogP contribution is -2.46. The summed E-state index contributed by atoms with van der Waals surface area (Å²) in [4.78, 5) is 13.8. The fourth-order valence-electron chi connectivity index (χ4n) is 0.550. The van der Waals surface area contributed by atoms with E-state index in [1.165, 1.54) is 0 Å². The molecule has 3 nitrogen and oxygen atoms in total. The van der Waals surface area contributed by atoms with E-state index in [1.54, 1.807) is 0 Å². The van der Waals surface area contributed by atoms with Crippen molar-refractivity contribution in [2.75, 3.05) is 0 Å². The van der Waals surface area contributed by atoms with Crippen LogP contribution in [0.1, 0.15) is 13.8 Å². The molecule has 1 amide bonds. The predicted molar refractivity (Wildman–Crippen MR) is 48.1 cm³/mol. The monoisotopic (exact) mass is 175 g/mol. The van der Waals surface area contributed by atoms with Gasteiger partial charge in [-0.25, -0.2) is 4.79 Å². The fourth-order valence-corrected chi connectivity index (χ4v) is 1.22. The summed E-state index contributed by atoms with van der Waals surface area (Å²) in [5, 5.41) is 0. The molecule has 0 aromatic heterocycles. The highest BCUT2D eigenvalue weighted by Gasteiger charge is 2.17. The summed E-state index contributed by atoms with van der Waals surface area (Å²) >= 11 is 0. The van der Waals surface area contributed by atoms with E-state index >= 15 is 0 Å².